The minimum absolute atomic E-state index is 0.0254. The maximum Gasteiger partial charge on any atom is 0.142 e. The molecule has 5 heteroatoms. The summed E-state index contributed by atoms with van der Waals surface area (Å²) in [5.74, 6) is -0.422. The van der Waals surface area contributed by atoms with Crippen molar-refractivity contribution in [3.05, 3.63) is 57.8 Å². The molecule has 2 N–H and O–H groups in total. The van der Waals surface area contributed by atoms with Crippen LogP contribution in [0, 0.1) is 5.82 Å². The van der Waals surface area contributed by atoms with E-state index in [-0.39, 0.29) is 21.8 Å². The average molecular weight is 300 g/mol. The van der Waals surface area contributed by atoms with E-state index in [0.717, 1.165) is 11.3 Å². The lowest BCUT2D eigenvalue weighted by molar-refractivity contribution is 0.475. The number of halogens is 3. The maximum atomic E-state index is 13.4. The van der Waals surface area contributed by atoms with Gasteiger partial charge in [0.1, 0.15) is 11.6 Å². The topological polar surface area (TPSA) is 32.3 Å². The van der Waals surface area contributed by atoms with Crippen LogP contribution in [0.15, 0.2) is 36.4 Å². The summed E-state index contributed by atoms with van der Waals surface area (Å²) < 4.78 is 13.4. The summed E-state index contributed by atoms with van der Waals surface area (Å²) in [6.07, 6.45) is 0. The van der Waals surface area contributed by atoms with Crippen molar-refractivity contribution in [2.45, 2.75) is 13.0 Å². The summed E-state index contributed by atoms with van der Waals surface area (Å²) in [5.41, 5.74) is 1.51. The van der Waals surface area contributed by atoms with Gasteiger partial charge in [0.15, 0.2) is 0 Å². The van der Waals surface area contributed by atoms with Gasteiger partial charge in [-0.05, 0) is 42.8 Å². The molecule has 0 spiro atoms. The van der Waals surface area contributed by atoms with Crippen LogP contribution in [0.3, 0.4) is 0 Å². The van der Waals surface area contributed by atoms with E-state index in [1.807, 2.05) is 6.92 Å². The summed E-state index contributed by atoms with van der Waals surface area (Å²) in [7, 11) is 0. The number of benzene rings is 2. The van der Waals surface area contributed by atoms with E-state index in [0.29, 0.717) is 0 Å². The first-order valence-electron chi connectivity index (χ1n) is 5.67. The fourth-order valence-corrected chi connectivity index (χ4v) is 2.01. The van der Waals surface area contributed by atoms with E-state index in [2.05, 4.69) is 5.32 Å². The highest BCUT2D eigenvalue weighted by Crippen LogP contribution is 2.29. The van der Waals surface area contributed by atoms with E-state index in [1.165, 1.54) is 18.2 Å². The Hall–Kier alpha value is -1.45. The highest BCUT2D eigenvalue weighted by molar-refractivity contribution is 6.32. The molecule has 2 aromatic carbocycles. The number of phenols is 1. The molecule has 0 saturated carbocycles. The lowest BCUT2D eigenvalue weighted by atomic mass is 10.1. The maximum absolute atomic E-state index is 13.4. The van der Waals surface area contributed by atoms with Crippen LogP contribution in [0.4, 0.5) is 10.1 Å². The van der Waals surface area contributed by atoms with Crippen LogP contribution in [-0.2, 0) is 0 Å². The second kappa shape index (κ2) is 5.68. The zero-order valence-corrected chi connectivity index (χ0v) is 11.6. The first-order chi connectivity index (χ1) is 8.97. The van der Waals surface area contributed by atoms with Gasteiger partial charge >= 0.3 is 0 Å². The Labute approximate surface area is 120 Å². The van der Waals surface area contributed by atoms with Crippen LogP contribution in [0.5, 0.6) is 5.75 Å². The molecule has 2 aromatic rings. The second-order valence-corrected chi connectivity index (χ2v) is 5.02. The van der Waals surface area contributed by atoms with Gasteiger partial charge in [0.05, 0.1) is 10.0 Å². The van der Waals surface area contributed by atoms with Gasteiger partial charge in [-0.15, -0.1) is 0 Å². The van der Waals surface area contributed by atoms with E-state index in [1.54, 1.807) is 18.2 Å². The predicted molar refractivity (Wildman–Crippen MR) is 76.6 cm³/mol. The molecule has 1 atom stereocenters. The van der Waals surface area contributed by atoms with Crippen LogP contribution in [0.25, 0.3) is 0 Å². The molecule has 0 fully saturated rings. The Balaban J connectivity index is 2.17. The number of phenolic OH excluding ortho intramolecular Hbond substituents is 1. The molecule has 0 aliphatic carbocycles. The van der Waals surface area contributed by atoms with Gasteiger partial charge in [-0.25, -0.2) is 4.39 Å². The Morgan fingerprint density at radius 3 is 2.47 bits per heavy atom. The molecule has 0 radical (unpaired) electrons. The van der Waals surface area contributed by atoms with Gasteiger partial charge in [-0.3, -0.25) is 0 Å². The van der Waals surface area contributed by atoms with Gasteiger partial charge in [0, 0.05) is 11.7 Å². The zero-order valence-electron chi connectivity index (χ0n) is 10.1. The monoisotopic (exact) mass is 299 g/mol. The molecule has 100 valence electrons. The van der Waals surface area contributed by atoms with Crippen molar-refractivity contribution in [2.75, 3.05) is 5.32 Å². The number of hydrogen-bond acceptors (Lipinski definition) is 2. The normalized spacial score (nSPS) is 12.2. The molecular formula is C14H12Cl2FNO. The molecule has 0 heterocycles. The average Bonchev–Trinajstić information content (AvgIpc) is 2.37. The minimum atomic E-state index is -0.448. The number of aromatic hydroxyl groups is 1. The first kappa shape index (κ1) is 14.0. The van der Waals surface area contributed by atoms with E-state index < -0.39 is 5.82 Å². The van der Waals surface area contributed by atoms with Crippen LogP contribution in [0.2, 0.25) is 10.0 Å². The fraction of sp³-hybridized carbons (Fsp3) is 0.143. The van der Waals surface area contributed by atoms with Crippen LogP contribution in [-0.4, -0.2) is 5.11 Å². The van der Waals surface area contributed by atoms with E-state index in [4.69, 9.17) is 23.2 Å². The van der Waals surface area contributed by atoms with Crippen molar-refractivity contribution >= 4 is 28.9 Å². The van der Waals surface area contributed by atoms with E-state index >= 15 is 0 Å². The Kier molecular flexibility index (Phi) is 4.17. The van der Waals surface area contributed by atoms with Crippen molar-refractivity contribution in [2.24, 2.45) is 0 Å². The minimum Gasteiger partial charge on any atom is -0.506 e. The van der Waals surface area contributed by atoms with E-state index in [9.17, 15) is 9.50 Å². The molecule has 0 amide bonds. The fourth-order valence-electron chi connectivity index (χ4n) is 1.71. The lowest BCUT2D eigenvalue weighted by Crippen LogP contribution is -2.06. The molecule has 2 rings (SSSR count). The summed E-state index contributed by atoms with van der Waals surface area (Å²) in [6, 6.07) is 9.36. The highest BCUT2D eigenvalue weighted by Gasteiger charge is 2.09. The third-order valence-electron chi connectivity index (χ3n) is 2.77. The third-order valence-corrected chi connectivity index (χ3v) is 3.38. The standard InChI is InChI=1S/C14H12Cl2FNO/c1-8(9-2-4-11(15)13(17)6-9)18-10-3-5-14(19)12(16)7-10/h2-8,18-19H,1H3. The SMILES string of the molecule is CC(Nc1ccc(O)c(Cl)c1)c1ccc(Cl)c(F)c1. The molecule has 0 bridgehead atoms. The van der Waals surface area contributed by atoms with Gasteiger partial charge in [0.25, 0.3) is 0 Å². The van der Waals surface area contributed by atoms with Crippen LogP contribution < -0.4 is 5.32 Å². The summed E-state index contributed by atoms with van der Waals surface area (Å²) in [4.78, 5) is 0. The predicted octanol–water partition coefficient (Wildman–Crippen LogP) is 5.01. The lowest BCUT2D eigenvalue weighted by Gasteiger charge is -2.16. The Morgan fingerprint density at radius 1 is 1.11 bits per heavy atom. The molecule has 1 unspecified atom stereocenters. The van der Waals surface area contributed by atoms with Crippen molar-refractivity contribution < 1.29 is 9.50 Å². The number of anilines is 1. The largest absolute Gasteiger partial charge is 0.506 e. The van der Waals surface area contributed by atoms with Crippen molar-refractivity contribution in [1.82, 2.24) is 0 Å². The van der Waals surface area contributed by atoms with Crippen molar-refractivity contribution in [3.63, 3.8) is 0 Å². The Bertz CT molecular complexity index is 604. The Morgan fingerprint density at radius 2 is 1.84 bits per heavy atom. The zero-order chi connectivity index (χ0) is 14.0. The van der Waals surface area contributed by atoms with Gasteiger partial charge < -0.3 is 10.4 Å². The molecule has 0 aliphatic heterocycles. The molecular weight excluding hydrogens is 288 g/mol. The van der Waals surface area contributed by atoms with Crippen molar-refractivity contribution in [1.29, 1.82) is 0 Å². The number of hydrogen-bond donors (Lipinski definition) is 2. The number of nitrogens with one attached hydrogen (secondary N) is 1. The second-order valence-electron chi connectivity index (χ2n) is 4.21. The molecule has 0 aromatic heterocycles. The van der Waals surface area contributed by atoms with Crippen molar-refractivity contribution in [3.8, 4) is 5.75 Å². The molecule has 2 nitrogen and oxygen atoms in total. The highest BCUT2D eigenvalue weighted by atomic mass is 35.5. The van der Waals surface area contributed by atoms with Gasteiger partial charge in [-0.1, -0.05) is 29.3 Å². The summed E-state index contributed by atoms with van der Waals surface area (Å²) in [5, 5.41) is 12.9. The van der Waals surface area contributed by atoms with Crippen LogP contribution in [0.1, 0.15) is 18.5 Å². The smallest absolute Gasteiger partial charge is 0.142 e. The number of rotatable bonds is 3. The molecule has 19 heavy (non-hydrogen) atoms. The quantitative estimate of drug-likeness (QED) is 0.781. The summed E-state index contributed by atoms with van der Waals surface area (Å²) >= 11 is 11.5. The van der Waals surface area contributed by atoms with Gasteiger partial charge in [0.2, 0.25) is 0 Å². The summed E-state index contributed by atoms with van der Waals surface area (Å²) in [6.45, 7) is 1.89. The third kappa shape index (κ3) is 3.31. The first-order valence-corrected chi connectivity index (χ1v) is 6.43. The molecule has 0 saturated heterocycles. The molecule has 0 aliphatic rings. The van der Waals surface area contributed by atoms with Crippen LogP contribution >= 0.6 is 23.2 Å². The van der Waals surface area contributed by atoms with Gasteiger partial charge in [-0.2, -0.15) is 0 Å².